The number of ether oxygens (including phenoxy) is 3. The Labute approximate surface area is 528 Å². The lowest BCUT2D eigenvalue weighted by molar-refractivity contribution is -0.120. The smallest absolute Gasteiger partial charge is 0.255 e. The van der Waals surface area contributed by atoms with Crippen LogP contribution in [0.2, 0.25) is 0 Å². The number of piperidine rings is 4. The minimum atomic E-state index is -0.958. The van der Waals surface area contributed by atoms with Gasteiger partial charge in [0.05, 0.1) is 26.0 Å². The zero-order valence-corrected chi connectivity index (χ0v) is 52.0. The van der Waals surface area contributed by atoms with Gasteiger partial charge in [-0.15, -0.1) is 0 Å². The first-order valence-corrected chi connectivity index (χ1v) is 30.7. The maximum absolute atomic E-state index is 14.0. The van der Waals surface area contributed by atoms with Crippen molar-refractivity contribution in [2.45, 2.75) is 90.3 Å². The Hall–Kier alpha value is -7.37. The molecule has 23 heteroatoms. The van der Waals surface area contributed by atoms with Crippen LogP contribution in [0.25, 0.3) is 0 Å². The topological polar surface area (TPSA) is 133 Å². The molecule has 0 radical (unpaired) electrons. The fourth-order valence-corrected chi connectivity index (χ4v) is 10.1. The van der Waals surface area contributed by atoms with Gasteiger partial charge in [0.1, 0.15) is 42.3 Å². The van der Waals surface area contributed by atoms with Gasteiger partial charge in [0.15, 0.2) is 64.4 Å². The number of phenolic OH excluding ortho intramolecular Hbond substituents is 2. The fraction of sp³-hybridized carbons (Fsp3) is 0.348. The van der Waals surface area contributed by atoms with Crippen molar-refractivity contribution in [3.8, 4) is 28.7 Å². The molecule has 1 amide bonds. The summed E-state index contributed by atoms with van der Waals surface area (Å²) in [6.07, 6.45) is 13.7. The number of anilines is 3. The zero-order valence-electron chi connectivity index (χ0n) is 48.8. The minimum Gasteiger partial charge on any atom is -0.505 e. The van der Waals surface area contributed by atoms with E-state index in [0.29, 0.717) is 23.1 Å². The normalized spacial score (nSPS) is 14.5. The second-order valence-corrected chi connectivity index (χ2v) is 22.6. The van der Waals surface area contributed by atoms with Crippen LogP contribution in [0.15, 0.2) is 130 Å². The molecule has 4 aliphatic rings. The van der Waals surface area contributed by atoms with Gasteiger partial charge >= 0.3 is 0 Å². The summed E-state index contributed by atoms with van der Waals surface area (Å²) < 4.78 is 148. The molecule has 7 aromatic rings. The van der Waals surface area contributed by atoms with Crippen molar-refractivity contribution >= 4 is 54.8 Å². The van der Waals surface area contributed by atoms with Crippen molar-refractivity contribution in [2.24, 2.45) is 5.73 Å². The van der Waals surface area contributed by atoms with E-state index in [1.807, 2.05) is 75.4 Å². The molecule has 11 nitrogen and oxygen atoms in total. The summed E-state index contributed by atoms with van der Waals surface area (Å²) in [4.78, 5) is 16.3. The van der Waals surface area contributed by atoms with Crippen LogP contribution in [-0.4, -0.2) is 75.1 Å². The van der Waals surface area contributed by atoms with E-state index in [1.165, 1.54) is 50.6 Å². The molecule has 0 atom stereocenters. The number of hydrogen-bond donors (Lipinski definition) is 4. The number of nitrogens with zero attached hydrogens (tertiary/aromatic N) is 3. The molecule has 11 rings (SSSR count). The highest BCUT2D eigenvalue weighted by molar-refractivity contribution is 9.10. The van der Waals surface area contributed by atoms with Crippen LogP contribution in [0.1, 0.15) is 88.2 Å². The van der Waals surface area contributed by atoms with Crippen LogP contribution in [0, 0.1) is 58.2 Å². The van der Waals surface area contributed by atoms with Crippen LogP contribution in [0.5, 0.6) is 28.7 Å². The molecule has 0 saturated carbocycles. The zero-order chi connectivity index (χ0) is 64.2. The molecule has 480 valence electrons. The third-order valence-corrected chi connectivity index (χ3v) is 15.3. The third-order valence-electron chi connectivity index (χ3n) is 14.1. The summed E-state index contributed by atoms with van der Waals surface area (Å²) in [5.41, 5.74) is 7.84. The van der Waals surface area contributed by atoms with E-state index in [1.54, 1.807) is 0 Å². The summed E-state index contributed by atoms with van der Waals surface area (Å²) in [5.74, 6) is -8.96. The molecule has 0 aliphatic carbocycles. The van der Waals surface area contributed by atoms with Crippen molar-refractivity contribution in [3.63, 3.8) is 0 Å². The number of phenols is 2. The molecule has 89 heavy (non-hydrogen) atoms. The number of carbonyl (C=O) groups is 1. The van der Waals surface area contributed by atoms with Crippen molar-refractivity contribution < 1.29 is 73.1 Å². The first kappa shape index (κ1) is 70.7. The Morgan fingerprint density at radius 1 is 0.404 bits per heavy atom. The van der Waals surface area contributed by atoms with Gasteiger partial charge in [-0.25, -0.2) is 43.9 Å². The lowest BCUT2D eigenvalue weighted by Crippen LogP contribution is -2.30. The van der Waals surface area contributed by atoms with E-state index in [9.17, 15) is 53.8 Å². The van der Waals surface area contributed by atoms with E-state index in [-0.39, 0.29) is 39.4 Å². The van der Waals surface area contributed by atoms with Crippen molar-refractivity contribution in [1.29, 1.82) is 0 Å². The van der Waals surface area contributed by atoms with E-state index in [4.69, 9.17) is 25.1 Å². The highest BCUT2D eigenvalue weighted by atomic mass is 79.9. The maximum Gasteiger partial charge on any atom is 0.255 e. The molecular formula is C66H71Br2F10N5O6. The highest BCUT2D eigenvalue weighted by Crippen LogP contribution is 2.34. The molecule has 4 aliphatic heterocycles. The summed E-state index contributed by atoms with van der Waals surface area (Å²) in [5, 5.41) is 21.1. The predicted octanol–water partition coefficient (Wildman–Crippen LogP) is 16.5. The molecule has 4 saturated heterocycles. The molecule has 0 aromatic heterocycles. The Kier molecular flexibility index (Phi) is 29.4. The van der Waals surface area contributed by atoms with Gasteiger partial charge in [-0.1, -0.05) is 67.1 Å². The number of rotatable bonds is 12. The number of hydrogen-bond acceptors (Lipinski definition) is 10. The molecular weight excluding hydrogens is 1310 g/mol. The lowest BCUT2D eigenvalue weighted by atomic mass is 10.1. The van der Waals surface area contributed by atoms with Crippen molar-refractivity contribution in [1.82, 2.24) is 5.32 Å². The molecule has 5 N–H and O–H groups in total. The number of aromatic hydroxyl groups is 2. The summed E-state index contributed by atoms with van der Waals surface area (Å²) in [6.45, 7) is 7.20. The number of primary amides is 1. The number of carbonyl (C=O) groups excluding carboxylic acids is 1. The van der Waals surface area contributed by atoms with E-state index >= 15 is 0 Å². The Bertz CT molecular complexity index is 3260. The van der Waals surface area contributed by atoms with Crippen molar-refractivity contribution in [3.05, 3.63) is 200 Å². The average Bonchev–Trinajstić information content (AvgIpc) is 3.46. The molecule has 0 bridgehead atoms. The largest absolute Gasteiger partial charge is 0.505 e. The van der Waals surface area contributed by atoms with Gasteiger partial charge in [-0.3, -0.25) is 4.79 Å². The highest BCUT2D eigenvalue weighted by Gasteiger charge is 2.22. The third kappa shape index (κ3) is 23.5. The maximum atomic E-state index is 14.0. The standard InChI is InChI=1S/C18H19F2NO.C13H9BrF2O.C13H16F2N2O2.C11H13F2NO.C6H3BrF2O.C5H11N/c19-15-11-16(20)18(22-13-14-7-3-1-4-8-14)12-17(15)21-9-5-2-6-10-21;14-10-6-13(12(16)7-11(10)15)17-8-9-4-2-1-3-5-9;14-9-6-10(15)12(19-8-13(16)18)7-11(9)17-4-2-1-3-5-17;12-8-6-9(13)11(15)7-10(8)14-4-2-1-3-5-14;7-3-1-6(10)5(9)2-4(3)8;1-2-4-6-5-3-1/h1,3-4,7-8,11-12H,2,5-6,9-10,13H2;1-7H,8H2;6-7H,1-5,8H2,(H2,16,18);6-7,15H,1-5H2;1-2,10H;6H,1-5H2. The minimum absolute atomic E-state index is 0.0297. The summed E-state index contributed by atoms with van der Waals surface area (Å²) in [7, 11) is 0. The van der Waals surface area contributed by atoms with Gasteiger partial charge in [0.2, 0.25) is 0 Å². The molecule has 7 aromatic carbocycles. The van der Waals surface area contributed by atoms with E-state index < -0.39 is 82.2 Å². The van der Waals surface area contributed by atoms with Gasteiger partial charge in [0.25, 0.3) is 5.91 Å². The van der Waals surface area contributed by atoms with Crippen LogP contribution < -0.4 is 40.0 Å². The van der Waals surface area contributed by atoms with Crippen LogP contribution >= 0.6 is 31.9 Å². The first-order valence-electron chi connectivity index (χ1n) is 29.1. The number of nitrogens with one attached hydrogen (secondary N) is 1. The Balaban J connectivity index is 0.000000176. The number of nitrogens with two attached hydrogens (primary N) is 1. The molecule has 0 unspecified atom stereocenters. The molecule has 0 spiro atoms. The second kappa shape index (κ2) is 36.9. The Morgan fingerprint density at radius 3 is 1.10 bits per heavy atom. The van der Waals surface area contributed by atoms with E-state index in [2.05, 4.69) is 37.2 Å². The SMILES string of the molecule is C1CCNCC1.Fc1cc(F)c(N2CCCCC2)cc1OCc1ccccc1.Fc1cc(F)c(OCc2ccccc2)cc1Br.NC(=O)COc1cc(N2CCCCC2)c(F)cc1F.Oc1cc(Br)c(F)cc1F.Oc1cc(N2CCCCC2)c(F)cc1F. The van der Waals surface area contributed by atoms with Crippen LogP contribution in [-0.2, 0) is 18.0 Å². The summed E-state index contributed by atoms with van der Waals surface area (Å²) in [6, 6.07) is 28.9. The summed E-state index contributed by atoms with van der Waals surface area (Å²) >= 11 is 5.76. The van der Waals surface area contributed by atoms with Gasteiger partial charge in [-0.05, 0) is 127 Å². The lowest BCUT2D eigenvalue weighted by Gasteiger charge is -2.29. The van der Waals surface area contributed by atoms with Crippen LogP contribution in [0.4, 0.5) is 61.0 Å². The monoisotopic (exact) mass is 1380 g/mol. The van der Waals surface area contributed by atoms with Crippen LogP contribution in [0.3, 0.4) is 0 Å². The number of amides is 1. The first-order chi connectivity index (χ1) is 42.8. The average molecular weight is 1380 g/mol. The van der Waals surface area contributed by atoms with Gasteiger partial charge in [-0.2, -0.15) is 0 Å². The second-order valence-electron chi connectivity index (χ2n) is 20.9. The Morgan fingerprint density at radius 2 is 0.730 bits per heavy atom. The number of halogens is 12. The molecule has 4 fully saturated rings. The fourth-order valence-electron chi connectivity index (χ4n) is 9.46. The quantitative estimate of drug-likeness (QED) is 0.0692. The van der Waals surface area contributed by atoms with Gasteiger partial charge < -0.3 is 50.2 Å². The van der Waals surface area contributed by atoms with Crippen molar-refractivity contribution in [2.75, 3.05) is 73.7 Å². The predicted molar refractivity (Wildman–Crippen MR) is 332 cm³/mol. The van der Waals surface area contributed by atoms with Gasteiger partial charge in [0, 0.05) is 99.9 Å². The number of benzene rings is 7. The van der Waals surface area contributed by atoms with E-state index in [0.717, 1.165) is 145 Å². The molecule has 4 heterocycles.